The molecule has 30 heavy (non-hydrogen) atoms. The van der Waals surface area contributed by atoms with Gasteiger partial charge in [-0.3, -0.25) is 4.90 Å². The molecule has 0 radical (unpaired) electrons. The fourth-order valence-corrected chi connectivity index (χ4v) is 3.90. The summed E-state index contributed by atoms with van der Waals surface area (Å²) in [6.45, 7) is 4.68. The summed E-state index contributed by atoms with van der Waals surface area (Å²) in [6.07, 6.45) is 1.75. The Morgan fingerprint density at radius 3 is 2.40 bits per heavy atom. The van der Waals surface area contributed by atoms with Gasteiger partial charge in [0.25, 0.3) is 0 Å². The highest BCUT2D eigenvalue weighted by molar-refractivity contribution is 6.30. The van der Waals surface area contributed by atoms with E-state index in [4.69, 9.17) is 16.3 Å². The maximum absolute atomic E-state index is 11.6. The number of nitrogens with zero attached hydrogens (tertiary/aromatic N) is 3. The lowest BCUT2D eigenvalue weighted by atomic mass is 9.99. The Kier molecular flexibility index (Phi) is 6.31. The number of benzene rings is 2. The van der Waals surface area contributed by atoms with Crippen LogP contribution < -0.4 is 4.90 Å². The van der Waals surface area contributed by atoms with E-state index in [9.17, 15) is 4.79 Å². The third kappa shape index (κ3) is 4.64. The molecule has 2 aromatic carbocycles. The number of pyridine rings is 1. The predicted molar refractivity (Wildman–Crippen MR) is 120 cm³/mol. The van der Waals surface area contributed by atoms with E-state index in [2.05, 4.69) is 51.2 Å². The van der Waals surface area contributed by atoms with Crippen molar-refractivity contribution < 1.29 is 9.53 Å². The zero-order chi connectivity index (χ0) is 20.9. The van der Waals surface area contributed by atoms with Crippen molar-refractivity contribution in [2.75, 3.05) is 38.2 Å². The van der Waals surface area contributed by atoms with Crippen LogP contribution in [0.15, 0.2) is 66.9 Å². The molecule has 0 saturated carbocycles. The maximum atomic E-state index is 11.6. The SMILES string of the molecule is COC(=O)c1ccc(N2CCN(Cc3ccccc3-c3ccc(Cl)cc3)CC2)cn1. The average Bonchev–Trinajstić information content (AvgIpc) is 2.80. The zero-order valence-electron chi connectivity index (χ0n) is 16.9. The van der Waals surface area contributed by atoms with Gasteiger partial charge in [0, 0.05) is 37.7 Å². The van der Waals surface area contributed by atoms with Crippen LogP contribution in [0.5, 0.6) is 0 Å². The number of anilines is 1. The number of rotatable bonds is 5. The Bertz CT molecular complexity index is 998. The van der Waals surface area contributed by atoms with Crippen LogP contribution in [0.2, 0.25) is 5.02 Å². The minimum atomic E-state index is -0.411. The van der Waals surface area contributed by atoms with Gasteiger partial charge in [0.05, 0.1) is 19.0 Å². The van der Waals surface area contributed by atoms with Crippen LogP contribution in [-0.2, 0) is 11.3 Å². The Morgan fingerprint density at radius 1 is 1.00 bits per heavy atom. The quantitative estimate of drug-likeness (QED) is 0.567. The van der Waals surface area contributed by atoms with Gasteiger partial charge < -0.3 is 9.64 Å². The first-order chi connectivity index (χ1) is 14.6. The van der Waals surface area contributed by atoms with E-state index in [0.29, 0.717) is 5.69 Å². The number of carbonyl (C=O) groups excluding carboxylic acids is 1. The topological polar surface area (TPSA) is 45.7 Å². The summed E-state index contributed by atoms with van der Waals surface area (Å²) in [5.41, 5.74) is 5.12. The first-order valence-electron chi connectivity index (χ1n) is 9.99. The van der Waals surface area contributed by atoms with Gasteiger partial charge in [0.1, 0.15) is 5.69 Å². The van der Waals surface area contributed by atoms with Crippen LogP contribution in [0.25, 0.3) is 11.1 Å². The highest BCUT2D eigenvalue weighted by Crippen LogP contribution is 2.27. The molecule has 2 heterocycles. The lowest BCUT2D eigenvalue weighted by molar-refractivity contribution is 0.0594. The third-order valence-electron chi connectivity index (χ3n) is 5.45. The Labute approximate surface area is 181 Å². The van der Waals surface area contributed by atoms with Crippen LogP contribution >= 0.6 is 11.6 Å². The molecule has 0 N–H and O–H groups in total. The van der Waals surface area contributed by atoms with Crippen LogP contribution in [0.3, 0.4) is 0 Å². The lowest BCUT2D eigenvalue weighted by Gasteiger charge is -2.36. The summed E-state index contributed by atoms with van der Waals surface area (Å²) in [7, 11) is 1.36. The number of ether oxygens (including phenoxy) is 1. The molecular weight excluding hydrogens is 398 g/mol. The van der Waals surface area contributed by atoms with Crippen molar-refractivity contribution in [3.05, 3.63) is 83.1 Å². The number of hydrogen-bond acceptors (Lipinski definition) is 5. The van der Waals surface area contributed by atoms with Gasteiger partial charge in [-0.05, 0) is 41.0 Å². The van der Waals surface area contributed by atoms with Crippen molar-refractivity contribution in [1.29, 1.82) is 0 Å². The highest BCUT2D eigenvalue weighted by atomic mass is 35.5. The van der Waals surface area contributed by atoms with Crippen LogP contribution in [0.1, 0.15) is 16.1 Å². The predicted octanol–water partition coefficient (Wildman–Crippen LogP) is 4.51. The second-order valence-electron chi connectivity index (χ2n) is 7.32. The van der Waals surface area contributed by atoms with Gasteiger partial charge in [-0.2, -0.15) is 0 Å². The Hall–Kier alpha value is -2.89. The fraction of sp³-hybridized carbons (Fsp3) is 0.250. The van der Waals surface area contributed by atoms with Gasteiger partial charge >= 0.3 is 5.97 Å². The van der Waals surface area contributed by atoms with E-state index < -0.39 is 5.97 Å². The van der Waals surface area contributed by atoms with E-state index in [1.807, 2.05) is 18.2 Å². The van der Waals surface area contributed by atoms with E-state index in [0.717, 1.165) is 43.4 Å². The highest BCUT2D eigenvalue weighted by Gasteiger charge is 2.19. The van der Waals surface area contributed by atoms with Gasteiger partial charge in [-0.25, -0.2) is 9.78 Å². The van der Waals surface area contributed by atoms with Crippen molar-refractivity contribution in [3.8, 4) is 11.1 Å². The van der Waals surface area contributed by atoms with Crippen molar-refractivity contribution >= 4 is 23.3 Å². The molecule has 0 amide bonds. The normalized spacial score (nSPS) is 14.5. The molecule has 4 rings (SSSR count). The van der Waals surface area contributed by atoms with Crippen LogP contribution in [0, 0.1) is 0 Å². The van der Waals surface area contributed by atoms with Gasteiger partial charge in [-0.1, -0.05) is 48.0 Å². The second kappa shape index (κ2) is 9.28. The lowest BCUT2D eigenvalue weighted by Crippen LogP contribution is -2.46. The fourth-order valence-electron chi connectivity index (χ4n) is 3.77. The first-order valence-corrected chi connectivity index (χ1v) is 10.4. The van der Waals surface area contributed by atoms with E-state index in [1.54, 1.807) is 12.3 Å². The molecule has 5 nitrogen and oxygen atoms in total. The molecule has 3 aromatic rings. The zero-order valence-corrected chi connectivity index (χ0v) is 17.7. The molecule has 0 aliphatic carbocycles. The molecule has 1 fully saturated rings. The summed E-state index contributed by atoms with van der Waals surface area (Å²) in [5.74, 6) is -0.411. The maximum Gasteiger partial charge on any atom is 0.356 e. The van der Waals surface area contributed by atoms with Crippen molar-refractivity contribution in [1.82, 2.24) is 9.88 Å². The number of halogens is 1. The first kappa shape index (κ1) is 20.4. The largest absolute Gasteiger partial charge is 0.464 e. The molecule has 1 aliphatic rings. The van der Waals surface area contributed by atoms with E-state index in [-0.39, 0.29) is 0 Å². The molecule has 0 atom stereocenters. The molecule has 6 heteroatoms. The number of carbonyl (C=O) groups is 1. The van der Waals surface area contributed by atoms with Gasteiger partial charge in [-0.15, -0.1) is 0 Å². The monoisotopic (exact) mass is 421 g/mol. The number of piperazine rings is 1. The van der Waals surface area contributed by atoms with E-state index in [1.165, 1.54) is 23.8 Å². The van der Waals surface area contributed by atoms with Crippen LogP contribution in [-0.4, -0.2) is 49.1 Å². The summed E-state index contributed by atoms with van der Waals surface area (Å²) >= 11 is 6.05. The molecule has 0 unspecified atom stereocenters. The smallest absolute Gasteiger partial charge is 0.356 e. The van der Waals surface area contributed by atoms with Crippen LogP contribution in [0.4, 0.5) is 5.69 Å². The molecule has 0 bridgehead atoms. The number of hydrogen-bond donors (Lipinski definition) is 0. The van der Waals surface area contributed by atoms with Crippen molar-refractivity contribution in [2.24, 2.45) is 0 Å². The third-order valence-corrected chi connectivity index (χ3v) is 5.70. The molecule has 0 spiro atoms. The molecule has 1 saturated heterocycles. The Balaban J connectivity index is 1.40. The average molecular weight is 422 g/mol. The standard InChI is InChI=1S/C24H24ClN3O2/c1-30-24(29)23-11-10-21(16-26-23)28-14-12-27(13-15-28)17-19-4-2-3-5-22(19)18-6-8-20(25)9-7-18/h2-11,16H,12-15,17H2,1H3. The van der Waals surface area contributed by atoms with Crippen molar-refractivity contribution in [2.45, 2.75) is 6.54 Å². The Morgan fingerprint density at radius 2 is 1.73 bits per heavy atom. The second-order valence-corrected chi connectivity index (χ2v) is 7.76. The van der Waals surface area contributed by atoms with Gasteiger partial charge in [0.15, 0.2) is 0 Å². The minimum absolute atomic E-state index is 0.332. The van der Waals surface area contributed by atoms with E-state index >= 15 is 0 Å². The molecule has 154 valence electrons. The summed E-state index contributed by atoms with van der Waals surface area (Å²) in [5, 5.41) is 0.751. The molecule has 1 aliphatic heterocycles. The minimum Gasteiger partial charge on any atom is -0.464 e. The number of methoxy groups -OCH3 is 1. The van der Waals surface area contributed by atoms with Gasteiger partial charge in [0.2, 0.25) is 0 Å². The molecule has 1 aromatic heterocycles. The summed E-state index contributed by atoms with van der Waals surface area (Å²) in [6, 6.07) is 20.2. The number of esters is 1. The number of aromatic nitrogens is 1. The molecular formula is C24H24ClN3O2. The summed E-state index contributed by atoms with van der Waals surface area (Å²) < 4.78 is 4.71. The summed E-state index contributed by atoms with van der Waals surface area (Å²) in [4.78, 5) is 20.6. The van der Waals surface area contributed by atoms with Crippen molar-refractivity contribution in [3.63, 3.8) is 0 Å².